The minimum absolute atomic E-state index is 0.0241. The summed E-state index contributed by atoms with van der Waals surface area (Å²) in [6, 6.07) is 6.29. The van der Waals surface area contributed by atoms with Crippen molar-refractivity contribution in [2.24, 2.45) is 23.2 Å². The van der Waals surface area contributed by atoms with Gasteiger partial charge in [0.05, 0.1) is 25.0 Å². The lowest BCUT2D eigenvalue weighted by Gasteiger charge is -2.53. The Kier molecular flexibility index (Phi) is 6.42. The molecule has 6 atom stereocenters. The summed E-state index contributed by atoms with van der Waals surface area (Å²) in [6.07, 6.45) is 2.18. The summed E-state index contributed by atoms with van der Waals surface area (Å²) in [7, 11) is 0. The quantitative estimate of drug-likeness (QED) is 0.661. The molecule has 3 aliphatic rings. The lowest BCUT2D eigenvalue weighted by atomic mass is 9.53. The fraction of sp³-hybridized carbons (Fsp3) is 0.615. The Hall–Kier alpha value is -2.03. The fourth-order valence-electron chi connectivity index (χ4n) is 6.51. The van der Waals surface area contributed by atoms with E-state index >= 15 is 0 Å². The first-order valence-corrected chi connectivity index (χ1v) is 13.2. The predicted molar refractivity (Wildman–Crippen MR) is 131 cm³/mol. The number of benzene rings is 1. The van der Waals surface area contributed by atoms with Gasteiger partial charge in [-0.25, -0.2) is 9.37 Å². The molecule has 2 fully saturated rings. The van der Waals surface area contributed by atoms with Crippen molar-refractivity contribution in [2.45, 2.75) is 52.1 Å². The van der Waals surface area contributed by atoms with Gasteiger partial charge in [-0.1, -0.05) is 20.8 Å². The highest BCUT2D eigenvalue weighted by Crippen LogP contribution is 2.57. The van der Waals surface area contributed by atoms with E-state index in [2.05, 4.69) is 19.2 Å². The maximum Gasteiger partial charge on any atom is 0.225 e. The number of ether oxygens (including phenoxy) is 1. The summed E-state index contributed by atoms with van der Waals surface area (Å²) in [5.74, 6) is -0.235. The number of fused-ring (bicyclic) bond motifs is 2. The molecule has 6 nitrogen and oxygen atoms in total. The van der Waals surface area contributed by atoms with E-state index in [4.69, 9.17) is 9.72 Å². The molecule has 1 aromatic heterocycles. The van der Waals surface area contributed by atoms with Crippen LogP contribution in [-0.2, 0) is 16.0 Å². The van der Waals surface area contributed by atoms with Crippen molar-refractivity contribution in [1.82, 2.24) is 9.88 Å². The molecule has 0 spiro atoms. The molecule has 0 radical (unpaired) electrons. The van der Waals surface area contributed by atoms with Gasteiger partial charge in [-0.05, 0) is 60.8 Å². The number of morpholine rings is 1. The number of anilines is 2. The minimum Gasteiger partial charge on any atom is -0.392 e. The number of carbonyl (C=O) groups excluding carboxylic acids is 1. The van der Waals surface area contributed by atoms with Gasteiger partial charge in [0.2, 0.25) is 5.91 Å². The van der Waals surface area contributed by atoms with Crippen LogP contribution in [0.25, 0.3) is 0 Å². The number of hydrogen-bond donors (Lipinski definition) is 2. The molecule has 8 heteroatoms. The average Bonchev–Trinajstić information content (AvgIpc) is 3.22. The zero-order chi connectivity index (χ0) is 24.0. The summed E-state index contributed by atoms with van der Waals surface area (Å²) in [5.41, 5.74) is 1.83. The third kappa shape index (κ3) is 4.25. The molecular weight excluding hydrogens is 453 g/mol. The summed E-state index contributed by atoms with van der Waals surface area (Å²) in [5, 5.41) is 15.7. The number of aromatic nitrogens is 1. The van der Waals surface area contributed by atoms with Crippen molar-refractivity contribution in [3.63, 3.8) is 0 Å². The van der Waals surface area contributed by atoms with E-state index in [1.165, 1.54) is 17.0 Å². The molecule has 1 aromatic carbocycles. The zero-order valence-corrected chi connectivity index (χ0v) is 20.9. The number of nitrogens with zero attached hydrogens (tertiary/aromatic N) is 2. The maximum atomic E-state index is 13.3. The van der Waals surface area contributed by atoms with E-state index in [0.29, 0.717) is 26.3 Å². The van der Waals surface area contributed by atoms with Crippen molar-refractivity contribution in [2.75, 3.05) is 31.6 Å². The Labute approximate surface area is 204 Å². The van der Waals surface area contributed by atoms with Gasteiger partial charge in [0.1, 0.15) is 5.82 Å². The van der Waals surface area contributed by atoms with Crippen LogP contribution in [0, 0.1) is 29.0 Å². The van der Waals surface area contributed by atoms with Gasteiger partial charge in [0.25, 0.3) is 0 Å². The van der Waals surface area contributed by atoms with Gasteiger partial charge in [0.15, 0.2) is 5.13 Å². The van der Waals surface area contributed by atoms with Gasteiger partial charge < -0.3 is 20.1 Å². The zero-order valence-electron chi connectivity index (χ0n) is 20.1. The number of nitrogens with one attached hydrogen (secondary N) is 1. The predicted octanol–water partition coefficient (Wildman–Crippen LogP) is 4.57. The molecule has 1 aliphatic heterocycles. The standard InChI is InChI=1S/C26H34FN3O3S/c1-15(24(32)30-10-12-33-13-11-30)19-8-9-26(3)14-20-22(16(2)21(26)23(19)31)29-25(34-20)28-18-6-4-17(27)5-7-18/h4-7,15-16,19,21,23,31H,8-14H2,1-3H3,(H,28,29)/t15-,16-,19-,21+,23-,26-/m0/s1. The fourth-order valence-corrected chi connectivity index (χ4v) is 7.80. The van der Waals surface area contributed by atoms with Crippen LogP contribution in [0.3, 0.4) is 0 Å². The van der Waals surface area contributed by atoms with E-state index in [-0.39, 0.29) is 40.8 Å². The number of hydrogen-bond acceptors (Lipinski definition) is 6. The van der Waals surface area contributed by atoms with Crippen molar-refractivity contribution in [3.8, 4) is 0 Å². The van der Waals surface area contributed by atoms with Gasteiger partial charge >= 0.3 is 0 Å². The van der Waals surface area contributed by atoms with E-state index in [1.807, 2.05) is 11.8 Å². The average molecular weight is 488 g/mol. The first-order valence-electron chi connectivity index (χ1n) is 12.3. The van der Waals surface area contributed by atoms with Crippen molar-refractivity contribution in [1.29, 1.82) is 0 Å². The van der Waals surface area contributed by atoms with Gasteiger partial charge in [-0.3, -0.25) is 4.79 Å². The van der Waals surface area contributed by atoms with Crippen molar-refractivity contribution < 1.29 is 19.0 Å². The van der Waals surface area contributed by atoms with Crippen LogP contribution in [0.4, 0.5) is 15.2 Å². The first kappa shape index (κ1) is 23.7. The highest BCUT2D eigenvalue weighted by atomic mass is 32.1. The highest BCUT2D eigenvalue weighted by Gasteiger charge is 2.54. The minimum atomic E-state index is -0.544. The smallest absolute Gasteiger partial charge is 0.225 e. The van der Waals surface area contributed by atoms with E-state index in [0.717, 1.165) is 35.8 Å². The van der Waals surface area contributed by atoms with E-state index < -0.39 is 6.10 Å². The normalized spacial score (nSPS) is 32.0. The second-order valence-electron chi connectivity index (χ2n) is 10.5. The van der Waals surface area contributed by atoms with E-state index in [1.54, 1.807) is 23.5 Å². The number of halogens is 1. The number of aliphatic hydroxyl groups is 1. The third-order valence-corrected chi connectivity index (χ3v) is 9.36. The van der Waals surface area contributed by atoms with Crippen LogP contribution in [0.15, 0.2) is 24.3 Å². The largest absolute Gasteiger partial charge is 0.392 e. The molecule has 34 heavy (non-hydrogen) atoms. The second kappa shape index (κ2) is 9.21. The first-order chi connectivity index (χ1) is 16.3. The van der Waals surface area contributed by atoms with Crippen LogP contribution < -0.4 is 5.32 Å². The molecule has 0 unspecified atom stereocenters. The number of rotatable bonds is 4. The van der Waals surface area contributed by atoms with Crippen LogP contribution in [0.5, 0.6) is 0 Å². The molecule has 2 aromatic rings. The van der Waals surface area contributed by atoms with Crippen molar-refractivity contribution >= 4 is 28.1 Å². The topological polar surface area (TPSA) is 74.7 Å². The molecule has 0 bridgehead atoms. The molecule has 1 saturated carbocycles. The van der Waals surface area contributed by atoms with Crippen LogP contribution in [0.2, 0.25) is 0 Å². The summed E-state index contributed by atoms with van der Waals surface area (Å²) in [4.78, 5) is 21.2. The van der Waals surface area contributed by atoms with Crippen LogP contribution in [-0.4, -0.2) is 53.3 Å². The molecule has 2 N–H and O–H groups in total. The van der Waals surface area contributed by atoms with Gasteiger partial charge in [-0.2, -0.15) is 0 Å². The van der Waals surface area contributed by atoms with Gasteiger partial charge in [0, 0.05) is 35.5 Å². The summed E-state index contributed by atoms with van der Waals surface area (Å²) in [6.45, 7) is 8.89. The Morgan fingerprint density at radius 2 is 2.03 bits per heavy atom. The summed E-state index contributed by atoms with van der Waals surface area (Å²) >= 11 is 1.65. The Morgan fingerprint density at radius 1 is 1.32 bits per heavy atom. The number of amides is 1. The number of carbonyl (C=O) groups is 1. The molecule has 1 amide bonds. The van der Waals surface area contributed by atoms with Gasteiger partial charge in [-0.15, -0.1) is 11.3 Å². The monoisotopic (exact) mass is 487 g/mol. The number of aliphatic hydroxyl groups excluding tert-OH is 1. The van der Waals surface area contributed by atoms with E-state index in [9.17, 15) is 14.3 Å². The molecule has 1 saturated heterocycles. The third-order valence-electron chi connectivity index (χ3n) is 8.37. The second-order valence-corrected chi connectivity index (χ2v) is 11.6. The molecule has 2 heterocycles. The molecule has 184 valence electrons. The Balaban J connectivity index is 1.35. The SMILES string of the molecule is C[C@H](C(=O)N1CCOCC1)[C@@H]1CC[C@@]2(C)Cc3sc(Nc4ccc(F)cc4)nc3[C@@H](C)[C@@H]2[C@H]1O. The Bertz CT molecular complexity index is 1040. The van der Waals surface area contributed by atoms with Crippen LogP contribution in [0.1, 0.15) is 50.1 Å². The summed E-state index contributed by atoms with van der Waals surface area (Å²) < 4.78 is 18.7. The molecule has 5 rings (SSSR count). The Morgan fingerprint density at radius 3 is 2.74 bits per heavy atom. The molecule has 2 aliphatic carbocycles. The maximum absolute atomic E-state index is 13.3. The molecular formula is C26H34FN3O3S. The highest BCUT2D eigenvalue weighted by molar-refractivity contribution is 7.15. The number of thiazole rings is 1. The lowest BCUT2D eigenvalue weighted by Crippen LogP contribution is -2.54. The van der Waals surface area contributed by atoms with Crippen molar-refractivity contribution in [3.05, 3.63) is 40.7 Å². The lowest BCUT2D eigenvalue weighted by molar-refractivity contribution is -0.148. The van der Waals surface area contributed by atoms with Crippen LogP contribution >= 0.6 is 11.3 Å².